The van der Waals surface area contributed by atoms with Crippen molar-refractivity contribution in [3.05, 3.63) is 411 Å². The second-order valence-corrected chi connectivity index (χ2v) is 38.4. The van der Waals surface area contributed by atoms with Crippen molar-refractivity contribution in [3.8, 4) is 0 Å². The SMILES string of the molecule is C.C.CC(C)(C)c1ccc(N(c2ccccc2)c2cccc3c2c2cccc4c5cc6c(cc5n3c42)c2cccc3c4c(N(c5ccccc5)c5ccc(C(C)(C)C)cc5)cccc4n6c23)cc1.CC(C)c1ccc(N(c2ccccc2)c2cccc3c2c2cccc4c5cc6c(cc5n3c42)c2cccc3c4c(N(c5ccccc5)c5ccc(C(C)C)cc5)cccc4n6c23)cc1. The van der Waals surface area contributed by atoms with Crippen LogP contribution in [0, 0.1) is 0 Å². The van der Waals surface area contributed by atoms with Gasteiger partial charge in [0.15, 0.2) is 0 Å². The number of nitrogens with zero attached hydrogens (tertiary/aromatic N) is 8. The summed E-state index contributed by atoms with van der Waals surface area (Å²) >= 11 is 0. The van der Waals surface area contributed by atoms with Crippen LogP contribution in [0.3, 0.4) is 0 Å². The van der Waals surface area contributed by atoms with Gasteiger partial charge < -0.3 is 37.2 Å². The van der Waals surface area contributed by atoms with Crippen molar-refractivity contribution in [2.45, 2.75) is 107 Å². The van der Waals surface area contributed by atoms with Gasteiger partial charge >= 0.3 is 0 Å². The predicted octanol–water partition coefficient (Wildman–Crippen LogP) is 36.0. The molecule has 8 heteroatoms. The Kier molecular flexibility index (Phi) is 18.7. The molecular weight excluding hydrogens is 1600 g/mol. The van der Waals surface area contributed by atoms with E-state index in [0.29, 0.717) is 11.8 Å². The van der Waals surface area contributed by atoms with Crippen molar-refractivity contribution >= 4 is 221 Å². The van der Waals surface area contributed by atoms with Crippen molar-refractivity contribution in [3.63, 3.8) is 0 Å². The number of rotatable bonds is 14. The summed E-state index contributed by atoms with van der Waals surface area (Å²) in [5, 5.41) is 20.2. The third-order valence-electron chi connectivity index (χ3n) is 28.2. The lowest BCUT2D eigenvalue weighted by atomic mass is 9.87. The smallest absolute Gasteiger partial charge is 0.0621 e. The standard InChI is InChI=1S/C62H50N4.C60H46N4.2CH4/c1-61(2,3)39-29-33-43(34-30-39)63(41-17-9-7-10-18-41)51-25-15-27-53-57(51)47-23-13-21-45-49-38-56-50(37-55(49)65(53)59(45)47)46-22-14-24-48-58-52(26-16-28-54(58)66(56)60(46)48)64(42-19-11-8-12-20-42)44-35-31-40(32-36-44)62(4,5)6;1-37(2)39-27-31-43(32-28-39)61(41-15-7-5-8-16-41)51-23-13-25-53-57(51)47-21-11-19-45-49-36-56-50(35-55(49)63(53)59(45)47)46-20-12-22-48-58-52(24-14-26-54(58)64(56)60(46)48)62(42-17-9-6-10-18-42)44-33-29-40(30-34-44)38(3)4;;/h7-38H,1-6H3;5-38H,1-4H3;2*1H4. The summed E-state index contributed by atoms with van der Waals surface area (Å²) in [7, 11) is 0. The molecular formula is C124H104N8. The lowest BCUT2D eigenvalue weighted by Crippen LogP contribution is -2.13. The highest BCUT2D eigenvalue weighted by atomic mass is 15.2. The lowest BCUT2D eigenvalue weighted by Gasteiger charge is -2.27. The first kappa shape index (κ1) is 80.9. The van der Waals surface area contributed by atoms with Crippen LogP contribution < -0.4 is 19.6 Å². The number of para-hydroxylation sites is 8. The quantitative estimate of drug-likeness (QED) is 0.109. The molecule has 0 aliphatic carbocycles. The fourth-order valence-corrected chi connectivity index (χ4v) is 22.0. The van der Waals surface area contributed by atoms with E-state index < -0.39 is 0 Å². The van der Waals surface area contributed by atoms with Crippen molar-refractivity contribution in [2.24, 2.45) is 0 Å². The summed E-state index contributed by atoms with van der Waals surface area (Å²) < 4.78 is 10.2. The summed E-state index contributed by atoms with van der Waals surface area (Å²) in [6.07, 6.45) is 0. The molecule has 0 aliphatic rings. The summed E-state index contributed by atoms with van der Waals surface area (Å²) in [4.78, 5) is 9.73. The fourth-order valence-electron chi connectivity index (χ4n) is 22.0. The first-order chi connectivity index (χ1) is 63.5. The minimum Gasteiger partial charge on any atom is -0.310 e. The highest BCUT2D eigenvalue weighted by Gasteiger charge is 2.32. The molecule has 0 spiro atoms. The molecule has 8 aromatic heterocycles. The van der Waals surface area contributed by atoms with Crippen LogP contribution in [0.2, 0.25) is 0 Å². The van der Waals surface area contributed by atoms with E-state index in [2.05, 4.69) is 495 Å². The van der Waals surface area contributed by atoms with E-state index in [1.54, 1.807) is 0 Å². The van der Waals surface area contributed by atoms with Gasteiger partial charge in [-0.3, -0.25) is 0 Å². The van der Waals surface area contributed by atoms with E-state index in [0.717, 1.165) is 45.5 Å². The average molecular weight is 1710 g/mol. The topological polar surface area (TPSA) is 30.6 Å². The summed E-state index contributed by atoms with van der Waals surface area (Å²) in [6, 6.07) is 145. The molecule has 0 N–H and O–H groups in total. The zero-order valence-corrected chi connectivity index (χ0v) is 74.7. The maximum absolute atomic E-state index is 2.54. The Morgan fingerprint density at radius 2 is 0.386 bits per heavy atom. The maximum atomic E-state index is 2.54. The van der Waals surface area contributed by atoms with Crippen molar-refractivity contribution < 1.29 is 0 Å². The minimum atomic E-state index is 0. The van der Waals surface area contributed by atoms with E-state index in [4.69, 9.17) is 0 Å². The van der Waals surface area contributed by atoms with Gasteiger partial charge in [0, 0.05) is 132 Å². The lowest BCUT2D eigenvalue weighted by molar-refractivity contribution is 0.590. The van der Waals surface area contributed by atoms with Gasteiger partial charge in [0.25, 0.3) is 0 Å². The Morgan fingerprint density at radius 1 is 0.189 bits per heavy atom. The van der Waals surface area contributed by atoms with Gasteiger partial charge in [-0.25, -0.2) is 0 Å². The van der Waals surface area contributed by atoms with Crippen LogP contribution in [-0.4, -0.2) is 17.6 Å². The van der Waals surface area contributed by atoms with Gasteiger partial charge in [-0.15, -0.1) is 0 Å². The van der Waals surface area contributed by atoms with Gasteiger partial charge in [-0.1, -0.05) is 302 Å². The minimum absolute atomic E-state index is 0. The normalized spacial score (nSPS) is 12.3. The molecule has 0 bridgehead atoms. The number of anilines is 12. The van der Waals surface area contributed by atoms with Crippen LogP contribution in [0.1, 0.15) is 118 Å². The molecule has 0 unspecified atom stereocenters. The number of benzene rings is 18. The Labute approximate surface area is 769 Å². The van der Waals surface area contributed by atoms with Crippen LogP contribution in [0.5, 0.6) is 0 Å². The molecule has 640 valence electrons. The zero-order chi connectivity index (χ0) is 87.4. The van der Waals surface area contributed by atoms with Gasteiger partial charge in [0.05, 0.1) is 88.9 Å². The van der Waals surface area contributed by atoms with E-state index in [-0.39, 0.29) is 25.7 Å². The molecule has 8 heterocycles. The monoisotopic (exact) mass is 1700 g/mol. The molecule has 8 nitrogen and oxygen atoms in total. The van der Waals surface area contributed by atoms with E-state index in [9.17, 15) is 0 Å². The van der Waals surface area contributed by atoms with E-state index in [1.165, 1.54) is 197 Å². The molecule has 0 aliphatic heterocycles. The van der Waals surface area contributed by atoms with Crippen LogP contribution >= 0.6 is 0 Å². The van der Waals surface area contributed by atoms with Crippen molar-refractivity contribution in [1.29, 1.82) is 0 Å². The predicted molar refractivity (Wildman–Crippen MR) is 569 cm³/mol. The van der Waals surface area contributed by atoms with Crippen LogP contribution in [0.15, 0.2) is 388 Å². The Hall–Kier alpha value is -15.6. The van der Waals surface area contributed by atoms with Gasteiger partial charge in [-0.05, 0) is 215 Å². The molecule has 0 saturated carbocycles. The maximum Gasteiger partial charge on any atom is 0.0621 e. The molecule has 0 amide bonds. The second-order valence-electron chi connectivity index (χ2n) is 38.4. The summed E-state index contributed by atoms with van der Waals surface area (Å²) in [5.41, 5.74) is 34.1. The molecule has 26 rings (SSSR count). The summed E-state index contributed by atoms with van der Waals surface area (Å²) in [6.45, 7) is 22.7. The highest BCUT2D eigenvalue weighted by Crippen LogP contribution is 2.55. The number of hydrogen-bond acceptors (Lipinski definition) is 4. The Morgan fingerprint density at radius 3 is 0.598 bits per heavy atom. The third kappa shape index (κ3) is 12.1. The van der Waals surface area contributed by atoms with E-state index in [1.807, 2.05) is 0 Å². The molecule has 132 heavy (non-hydrogen) atoms. The molecule has 0 saturated heterocycles. The molecule has 0 radical (unpaired) electrons. The first-order valence-corrected chi connectivity index (χ1v) is 45.9. The van der Waals surface area contributed by atoms with Crippen LogP contribution in [0.4, 0.5) is 68.2 Å². The second kappa shape index (κ2) is 30.5. The largest absolute Gasteiger partial charge is 0.310 e. The molecule has 26 aromatic rings. The van der Waals surface area contributed by atoms with Gasteiger partial charge in [-0.2, -0.15) is 0 Å². The van der Waals surface area contributed by atoms with Crippen molar-refractivity contribution in [2.75, 3.05) is 19.6 Å². The van der Waals surface area contributed by atoms with Crippen molar-refractivity contribution in [1.82, 2.24) is 17.6 Å². The molecule has 0 atom stereocenters. The number of aromatic nitrogens is 4. The highest BCUT2D eigenvalue weighted by molar-refractivity contribution is 6.34. The zero-order valence-electron chi connectivity index (χ0n) is 74.7. The van der Waals surface area contributed by atoms with E-state index >= 15 is 0 Å². The fraction of sp³-hybridized carbons (Fsp3) is 0.129. The van der Waals surface area contributed by atoms with Gasteiger partial charge in [0.1, 0.15) is 0 Å². The van der Waals surface area contributed by atoms with Gasteiger partial charge in [0.2, 0.25) is 0 Å². The van der Waals surface area contributed by atoms with Crippen LogP contribution in [-0.2, 0) is 10.8 Å². The number of hydrogen-bond donors (Lipinski definition) is 0. The molecule has 0 fully saturated rings. The van der Waals surface area contributed by atoms with Crippen LogP contribution in [0.25, 0.3) is 152 Å². The third-order valence-corrected chi connectivity index (χ3v) is 28.2. The first-order valence-electron chi connectivity index (χ1n) is 45.9. The Bertz CT molecular complexity index is 8370. The average Bonchev–Trinajstić information content (AvgIpc) is 1.52. The summed E-state index contributed by atoms with van der Waals surface area (Å²) in [5.74, 6) is 0.932. The molecule has 18 aromatic carbocycles. The number of fused-ring (bicyclic) bond motifs is 24. The Balaban J connectivity index is 0.000000148.